The Balaban J connectivity index is 0.00000109. The maximum absolute atomic E-state index is 11.0. The zero-order valence-corrected chi connectivity index (χ0v) is 31.9. The molecule has 3 unspecified atom stereocenters. The van der Waals surface area contributed by atoms with E-state index in [-0.39, 0.29) is 6.42 Å². The highest BCUT2D eigenvalue weighted by atomic mass is 16.5. The highest BCUT2D eigenvalue weighted by molar-refractivity contribution is 5.68. The summed E-state index contributed by atoms with van der Waals surface area (Å²) >= 11 is 0. The predicted molar refractivity (Wildman–Crippen MR) is 207 cm³/mol. The average Bonchev–Trinajstić information content (AvgIpc) is 3.45. The van der Waals surface area contributed by atoms with Crippen molar-refractivity contribution in [3.05, 3.63) is 83.1 Å². The summed E-state index contributed by atoms with van der Waals surface area (Å²) in [5.74, 6) is 2.47. The van der Waals surface area contributed by atoms with Crippen molar-refractivity contribution in [3.63, 3.8) is 0 Å². The van der Waals surface area contributed by atoms with Crippen LogP contribution in [0, 0.1) is 5.92 Å². The van der Waals surface area contributed by atoms with E-state index in [4.69, 9.17) is 14.6 Å². The Bertz CT molecular complexity index is 1270. The highest BCUT2D eigenvalue weighted by Gasteiger charge is 2.44. The van der Waals surface area contributed by atoms with Crippen molar-refractivity contribution in [3.8, 4) is 5.75 Å². The summed E-state index contributed by atoms with van der Waals surface area (Å²) in [5, 5.41) is 15.9. The molecule has 4 rings (SSSR count). The van der Waals surface area contributed by atoms with Crippen molar-refractivity contribution in [2.75, 3.05) is 25.6 Å². The molecular formula is C42H67N3O4. The first kappa shape index (κ1) is 41.6. The van der Waals surface area contributed by atoms with Crippen LogP contribution < -0.4 is 15.4 Å². The molecule has 7 nitrogen and oxygen atoms in total. The van der Waals surface area contributed by atoms with Gasteiger partial charge in [-0.05, 0) is 114 Å². The number of anilines is 1. The van der Waals surface area contributed by atoms with Crippen LogP contribution in [0.15, 0.2) is 77.5 Å². The lowest BCUT2D eigenvalue weighted by atomic mass is 9.83. The van der Waals surface area contributed by atoms with Gasteiger partial charge < -0.3 is 30.1 Å². The smallest absolute Gasteiger partial charge is 0.307 e. The quantitative estimate of drug-likeness (QED) is 0.0912. The van der Waals surface area contributed by atoms with Crippen LogP contribution in [0.1, 0.15) is 125 Å². The van der Waals surface area contributed by atoms with Gasteiger partial charge in [0.2, 0.25) is 0 Å². The number of carboxylic acid groups (broad SMARTS) is 1. The molecule has 0 amide bonds. The normalized spacial score (nSPS) is 20.4. The summed E-state index contributed by atoms with van der Waals surface area (Å²) < 4.78 is 12.2. The number of ether oxygens (including phenoxy) is 2. The Morgan fingerprint density at radius 2 is 1.80 bits per heavy atom. The first-order chi connectivity index (χ1) is 23.9. The van der Waals surface area contributed by atoms with E-state index in [0.29, 0.717) is 24.6 Å². The van der Waals surface area contributed by atoms with Gasteiger partial charge in [0.05, 0.1) is 31.1 Å². The third-order valence-electron chi connectivity index (χ3n) is 9.33. The minimum atomic E-state index is -0.833. The average molecular weight is 678 g/mol. The molecule has 0 aromatic heterocycles. The molecule has 2 saturated carbocycles. The summed E-state index contributed by atoms with van der Waals surface area (Å²) in [5.41, 5.74) is 5.32. The molecule has 1 aromatic carbocycles. The van der Waals surface area contributed by atoms with Crippen LogP contribution in [0.25, 0.3) is 0 Å². The maximum Gasteiger partial charge on any atom is 0.307 e. The molecule has 1 aromatic rings. The van der Waals surface area contributed by atoms with E-state index in [9.17, 15) is 4.79 Å². The number of likely N-dealkylation sites (tertiary alicyclic amines) is 1. The molecule has 1 aliphatic heterocycles. The molecule has 0 bridgehead atoms. The number of nitrogens with one attached hydrogen (secondary N) is 2. The number of hydrogen-bond acceptors (Lipinski definition) is 6. The Labute approximate surface area is 298 Å². The molecule has 49 heavy (non-hydrogen) atoms. The third kappa shape index (κ3) is 13.3. The van der Waals surface area contributed by atoms with E-state index in [1.807, 2.05) is 33.8 Å². The number of aliphatic carboxylic acids is 1. The lowest BCUT2D eigenvalue weighted by molar-refractivity contribution is -0.136. The second-order valence-corrected chi connectivity index (χ2v) is 12.7. The minimum Gasteiger partial charge on any atom is -0.495 e. The van der Waals surface area contributed by atoms with Gasteiger partial charge in [-0.3, -0.25) is 4.79 Å². The van der Waals surface area contributed by atoms with Crippen LogP contribution in [0.2, 0.25) is 0 Å². The van der Waals surface area contributed by atoms with Crippen LogP contribution in [-0.4, -0.2) is 48.3 Å². The zero-order valence-electron chi connectivity index (χ0n) is 31.9. The van der Waals surface area contributed by atoms with Crippen molar-refractivity contribution >= 4 is 11.7 Å². The monoisotopic (exact) mass is 678 g/mol. The Morgan fingerprint density at radius 1 is 1.04 bits per heavy atom. The fraction of sp³-hybridized carbons (Fsp3) is 0.595. The molecule has 1 saturated heterocycles. The fourth-order valence-corrected chi connectivity index (χ4v) is 6.95. The van der Waals surface area contributed by atoms with Gasteiger partial charge in [0.1, 0.15) is 18.1 Å². The summed E-state index contributed by atoms with van der Waals surface area (Å²) in [4.78, 5) is 13.7. The van der Waals surface area contributed by atoms with Gasteiger partial charge in [0.15, 0.2) is 0 Å². The van der Waals surface area contributed by atoms with Crippen LogP contribution in [0.5, 0.6) is 5.75 Å². The van der Waals surface area contributed by atoms with Crippen LogP contribution in [0.4, 0.5) is 5.69 Å². The van der Waals surface area contributed by atoms with Crippen molar-refractivity contribution in [1.29, 1.82) is 0 Å². The summed E-state index contributed by atoms with van der Waals surface area (Å²) in [6.45, 7) is 15.8. The van der Waals surface area contributed by atoms with Crippen molar-refractivity contribution in [2.45, 2.75) is 138 Å². The van der Waals surface area contributed by atoms with E-state index in [0.717, 1.165) is 55.2 Å². The number of carbonyl (C=O) groups is 1. The van der Waals surface area contributed by atoms with Gasteiger partial charge in [-0.1, -0.05) is 70.4 Å². The Morgan fingerprint density at radius 3 is 2.37 bits per heavy atom. The lowest BCUT2D eigenvalue weighted by Crippen LogP contribution is -2.41. The molecule has 0 spiro atoms. The maximum atomic E-state index is 11.0. The molecule has 3 N–H and O–H groups in total. The van der Waals surface area contributed by atoms with E-state index < -0.39 is 5.97 Å². The van der Waals surface area contributed by atoms with Gasteiger partial charge >= 0.3 is 5.97 Å². The summed E-state index contributed by atoms with van der Waals surface area (Å²) in [6.07, 6.45) is 24.7. The van der Waals surface area contributed by atoms with Crippen molar-refractivity contribution in [1.82, 2.24) is 10.2 Å². The molecule has 7 heteroatoms. The van der Waals surface area contributed by atoms with Crippen LogP contribution in [0.3, 0.4) is 0 Å². The van der Waals surface area contributed by atoms with Crippen molar-refractivity contribution in [2.24, 2.45) is 5.92 Å². The SMILES string of the molecule is C/C=C(\C=C/CC(=O)O)OCC1CC2CCCCC2N1C(Cc1ccc(N/C(=C/CC)NCC)c(OC)c1)=C1CCC1.C/C=C\CC.CC. The number of methoxy groups -OCH3 is 1. The number of allylic oxidation sites excluding steroid dienone is 7. The summed E-state index contributed by atoms with van der Waals surface area (Å²) in [7, 11) is 1.75. The molecule has 3 atom stereocenters. The van der Waals surface area contributed by atoms with Crippen molar-refractivity contribution < 1.29 is 19.4 Å². The minimum absolute atomic E-state index is 0.000258. The number of hydrogen-bond donors (Lipinski definition) is 3. The van der Waals surface area contributed by atoms with Crippen LogP contribution in [-0.2, 0) is 16.0 Å². The molecule has 0 radical (unpaired) electrons. The van der Waals surface area contributed by atoms with Gasteiger partial charge in [0.25, 0.3) is 0 Å². The fourth-order valence-electron chi connectivity index (χ4n) is 6.95. The van der Waals surface area contributed by atoms with E-state index in [1.54, 1.807) is 24.8 Å². The number of fused-ring (bicyclic) bond motifs is 1. The van der Waals surface area contributed by atoms with E-state index in [1.165, 1.54) is 56.2 Å². The second kappa shape index (κ2) is 23.7. The van der Waals surface area contributed by atoms with Crippen LogP contribution >= 0.6 is 0 Å². The predicted octanol–water partition coefficient (Wildman–Crippen LogP) is 10.5. The standard InChI is InChI=1S/C35H51N3O4.C5H10.C2H6/c1-5-12-34(36-7-3)37-30-20-19-25(22-33(30)41-4)21-32(26-14-10-15-26)38-28(23-27-13-8-9-17-31(27)38)24-42-29(6-2)16-11-18-35(39)40;1-3-5-4-2;1-2/h6,11-12,16,19-20,22,27-28,31,36-37H,5,7-10,13-15,17-18,21,23-24H2,1-4H3,(H,39,40);3,5H,4H2,1-2H3;1-2H3/b16-11-,29-6+,34-12+;5-3-;. The van der Waals surface area contributed by atoms with Gasteiger partial charge in [0, 0.05) is 24.7 Å². The second-order valence-electron chi connectivity index (χ2n) is 12.7. The molecule has 3 aliphatic rings. The van der Waals surface area contributed by atoms with Gasteiger partial charge in [-0.25, -0.2) is 0 Å². The lowest BCUT2D eigenvalue weighted by Gasteiger charge is -2.40. The third-order valence-corrected chi connectivity index (χ3v) is 9.33. The molecular weight excluding hydrogens is 610 g/mol. The molecule has 3 fully saturated rings. The van der Waals surface area contributed by atoms with Gasteiger partial charge in [-0.2, -0.15) is 0 Å². The molecule has 1 heterocycles. The first-order valence-corrected chi connectivity index (χ1v) is 19.0. The van der Waals surface area contributed by atoms with E-state index in [2.05, 4.69) is 72.7 Å². The highest BCUT2D eigenvalue weighted by Crippen LogP contribution is 2.45. The molecule has 274 valence electrons. The topological polar surface area (TPSA) is 83.1 Å². The Kier molecular flexibility index (Phi) is 20.1. The number of benzene rings is 1. The summed E-state index contributed by atoms with van der Waals surface area (Å²) in [6, 6.07) is 7.46. The number of carboxylic acids is 1. The zero-order chi connectivity index (χ0) is 36.0. The number of nitrogens with zero attached hydrogens (tertiary/aromatic N) is 1. The first-order valence-electron chi connectivity index (χ1n) is 19.0. The largest absolute Gasteiger partial charge is 0.495 e. The van der Waals surface area contributed by atoms with Gasteiger partial charge in [-0.15, -0.1) is 0 Å². The molecule has 2 aliphatic carbocycles. The Hall–Kier alpha value is -3.61. The number of rotatable bonds is 16. The van der Waals surface area contributed by atoms with E-state index >= 15 is 0 Å².